The molecule has 1 aliphatic heterocycles. The third-order valence-corrected chi connectivity index (χ3v) is 6.17. The van der Waals surface area contributed by atoms with Gasteiger partial charge in [-0.1, -0.05) is 18.2 Å². The Kier molecular flexibility index (Phi) is 4.17. The zero-order chi connectivity index (χ0) is 21.0. The van der Waals surface area contributed by atoms with Crippen LogP contribution in [0.3, 0.4) is 0 Å². The molecule has 2 aliphatic carbocycles. The molecule has 5 rings (SSSR count). The fourth-order valence-electron chi connectivity index (χ4n) is 4.72. The minimum Gasteiger partial charge on any atom is -0.358 e. The van der Waals surface area contributed by atoms with Crippen LogP contribution in [-0.4, -0.2) is 34.8 Å². The fourth-order valence-corrected chi connectivity index (χ4v) is 4.72. The quantitative estimate of drug-likeness (QED) is 0.628. The maximum absolute atomic E-state index is 12.8. The number of anilines is 1. The molecule has 1 heterocycles. The van der Waals surface area contributed by atoms with Crippen molar-refractivity contribution >= 4 is 39.8 Å². The molecule has 0 aromatic heterocycles. The number of nitrogens with zero attached hydrogens (tertiary/aromatic N) is 1. The molecule has 1 atom stereocenters. The SMILES string of the molecule is CCN1C(=O)c2cccc3c(NC4=CC(=O)C(=O)C5=CCCCC45)ccc(c23)C1=O. The van der Waals surface area contributed by atoms with Crippen molar-refractivity contribution in [1.29, 1.82) is 0 Å². The normalized spacial score (nSPS) is 20.8. The summed E-state index contributed by atoms with van der Waals surface area (Å²) in [6, 6.07) is 8.92. The molecule has 2 amide bonds. The van der Waals surface area contributed by atoms with Crippen LogP contribution in [0.1, 0.15) is 46.9 Å². The molecular weight excluding hydrogens is 380 g/mol. The van der Waals surface area contributed by atoms with Crippen LogP contribution >= 0.6 is 0 Å². The molecule has 0 saturated carbocycles. The standard InChI is InChI=1S/C24H20N2O4/c1-2-26-23(29)16-9-5-8-15-18(11-10-17(21(15)16)24(26)30)25-19-12-20(27)22(28)14-7-4-3-6-13(14)19/h5,7-13,25H,2-4,6H2,1H3. The van der Waals surface area contributed by atoms with Crippen molar-refractivity contribution in [1.82, 2.24) is 4.90 Å². The summed E-state index contributed by atoms with van der Waals surface area (Å²) in [6.45, 7) is 2.09. The lowest BCUT2D eigenvalue weighted by Crippen LogP contribution is -2.40. The number of rotatable bonds is 3. The Morgan fingerprint density at radius 1 is 1.03 bits per heavy atom. The molecular formula is C24H20N2O4. The Morgan fingerprint density at radius 3 is 2.57 bits per heavy atom. The molecule has 1 unspecified atom stereocenters. The van der Waals surface area contributed by atoms with Gasteiger partial charge in [-0.05, 0) is 44.4 Å². The van der Waals surface area contributed by atoms with Crippen LogP contribution in [0.5, 0.6) is 0 Å². The van der Waals surface area contributed by atoms with Crippen LogP contribution in [0.25, 0.3) is 10.8 Å². The minimum atomic E-state index is -0.520. The van der Waals surface area contributed by atoms with Gasteiger partial charge in [0.05, 0.1) is 0 Å². The summed E-state index contributed by atoms with van der Waals surface area (Å²) in [5.41, 5.74) is 2.96. The van der Waals surface area contributed by atoms with E-state index in [1.165, 1.54) is 11.0 Å². The Morgan fingerprint density at radius 2 is 1.80 bits per heavy atom. The maximum atomic E-state index is 12.8. The van der Waals surface area contributed by atoms with Crippen LogP contribution in [0.15, 0.2) is 53.8 Å². The number of imide groups is 1. The van der Waals surface area contributed by atoms with E-state index < -0.39 is 11.6 Å². The van der Waals surface area contributed by atoms with Crippen molar-refractivity contribution < 1.29 is 19.2 Å². The number of hydrogen-bond acceptors (Lipinski definition) is 5. The predicted molar refractivity (Wildman–Crippen MR) is 112 cm³/mol. The van der Waals surface area contributed by atoms with E-state index in [1.54, 1.807) is 31.2 Å². The monoisotopic (exact) mass is 400 g/mol. The molecule has 6 nitrogen and oxygen atoms in total. The molecule has 0 radical (unpaired) electrons. The zero-order valence-electron chi connectivity index (χ0n) is 16.5. The van der Waals surface area contributed by atoms with Gasteiger partial charge in [0.1, 0.15) is 0 Å². The van der Waals surface area contributed by atoms with Crippen molar-refractivity contribution in [2.75, 3.05) is 11.9 Å². The third-order valence-electron chi connectivity index (χ3n) is 6.17. The zero-order valence-corrected chi connectivity index (χ0v) is 16.5. The van der Waals surface area contributed by atoms with Gasteiger partial charge in [0.2, 0.25) is 11.6 Å². The highest BCUT2D eigenvalue weighted by Gasteiger charge is 2.35. The molecule has 2 aromatic carbocycles. The molecule has 6 heteroatoms. The summed E-state index contributed by atoms with van der Waals surface area (Å²) in [4.78, 5) is 51.3. The van der Waals surface area contributed by atoms with Gasteiger partial charge >= 0.3 is 0 Å². The van der Waals surface area contributed by atoms with E-state index in [4.69, 9.17) is 0 Å². The Bertz CT molecular complexity index is 1200. The largest absolute Gasteiger partial charge is 0.358 e. The summed E-state index contributed by atoms with van der Waals surface area (Å²) < 4.78 is 0. The molecule has 0 fully saturated rings. The topological polar surface area (TPSA) is 83.6 Å². The smallest absolute Gasteiger partial charge is 0.261 e. The number of allylic oxidation sites excluding steroid dienone is 3. The number of ketones is 2. The first-order valence-electron chi connectivity index (χ1n) is 10.2. The van der Waals surface area contributed by atoms with Gasteiger partial charge in [-0.2, -0.15) is 0 Å². The average molecular weight is 400 g/mol. The molecule has 30 heavy (non-hydrogen) atoms. The first-order chi connectivity index (χ1) is 14.5. The second kappa shape index (κ2) is 6.76. The number of carbonyl (C=O) groups excluding carboxylic acids is 4. The first kappa shape index (κ1) is 18.5. The third kappa shape index (κ3) is 2.56. The van der Waals surface area contributed by atoms with Crippen molar-refractivity contribution in [2.45, 2.75) is 26.2 Å². The number of benzene rings is 2. The number of fused-ring (bicyclic) bond motifs is 1. The minimum absolute atomic E-state index is 0.131. The second-order valence-corrected chi connectivity index (χ2v) is 7.80. The summed E-state index contributed by atoms with van der Waals surface area (Å²) >= 11 is 0. The number of amides is 2. The van der Waals surface area contributed by atoms with Gasteiger partial charge in [-0.3, -0.25) is 24.1 Å². The lowest BCUT2D eigenvalue weighted by molar-refractivity contribution is -0.132. The van der Waals surface area contributed by atoms with Crippen molar-refractivity contribution in [3.8, 4) is 0 Å². The number of Topliss-reactive ketones (excluding diaryl/α,β-unsaturated/α-hetero) is 1. The van der Waals surface area contributed by atoms with E-state index in [0.29, 0.717) is 40.0 Å². The Hall–Kier alpha value is -3.54. The average Bonchev–Trinajstić information content (AvgIpc) is 2.76. The number of hydrogen-bond donors (Lipinski definition) is 1. The summed E-state index contributed by atoms with van der Waals surface area (Å²) in [7, 11) is 0. The summed E-state index contributed by atoms with van der Waals surface area (Å²) in [5.74, 6) is -1.67. The van der Waals surface area contributed by atoms with Gasteiger partial charge < -0.3 is 5.32 Å². The van der Waals surface area contributed by atoms with Crippen LogP contribution in [0.4, 0.5) is 5.69 Å². The van der Waals surface area contributed by atoms with Crippen LogP contribution in [0, 0.1) is 5.92 Å². The second-order valence-electron chi connectivity index (χ2n) is 7.80. The van der Waals surface area contributed by atoms with E-state index in [2.05, 4.69) is 5.32 Å². The Balaban J connectivity index is 1.63. The van der Waals surface area contributed by atoms with Crippen LogP contribution in [-0.2, 0) is 9.59 Å². The van der Waals surface area contributed by atoms with Gasteiger partial charge in [0, 0.05) is 57.4 Å². The highest BCUT2D eigenvalue weighted by atomic mass is 16.2. The first-order valence-corrected chi connectivity index (χ1v) is 10.2. The van der Waals surface area contributed by atoms with E-state index in [-0.39, 0.29) is 17.7 Å². The molecule has 1 N–H and O–H groups in total. The van der Waals surface area contributed by atoms with Gasteiger partial charge in [0.25, 0.3) is 11.8 Å². The highest BCUT2D eigenvalue weighted by Crippen LogP contribution is 2.39. The van der Waals surface area contributed by atoms with Crippen LogP contribution in [0.2, 0.25) is 0 Å². The number of nitrogens with one attached hydrogen (secondary N) is 1. The molecule has 2 aromatic rings. The van der Waals surface area contributed by atoms with Gasteiger partial charge in [-0.15, -0.1) is 0 Å². The lowest BCUT2D eigenvalue weighted by atomic mass is 9.78. The van der Waals surface area contributed by atoms with Gasteiger partial charge in [0.15, 0.2) is 0 Å². The number of carbonyl (C=O) groups is 4. The predicted octanol–water partition coefficient (Wildman–Crippen LogP) is 3.63. The van der Waals surface area contributed by atoms with Crippen molar-refractivity contribution in [3.05, 3.63) is 64.9 Å². The fraction of sp³-hybridized carbons (Fsp3) is 0.250. The van der Waals surface area contributed by atoms with Gasteiger partial charge in [-0.25, -0.2) is 0 Å². The van der Waals surface area contributed by atoms with Crippen molar-refractivity contribution in [2.24, 2.45) is 5.92 Å². The van der Waals surface area contributed by atoms with Crippen molar-refractivity contribution in [3.63, 3.8) is 0 Å². The molecule has 0 saturated heterocycles. The summed E-state index contributed by atoms with van der Waals surface area (Å²) in [5, 5.41) is 4.71. The lowest BCUT2D eigenvalue weighted by Gasteiger charge is -2.30. The molecule has 3 aliphatic rings. The van der Waals surface area contributed by atoms with E-state index >= 15 is 0 Å². The van der Waals surface area contributed by atoms with E-state index in [0.717, 1.165) is 24.6 Å². The summed E-state index contributed by atoms with van der Waals surface area (Å²) in [6.07, 6.45) is 5.82. The molecule has 0 spiro atoms. The van der Waals surface area contributed by atoms with E-state index in [9.17, 15) is 19.2 Å². The van der Waals surface area contributed by atoms with Crippen LogP contribution < -0.4 is 5.32 Å². The van der Waals surface area contributed by atoms with E-state index in [1.807, 2.05) is 12.1 Å². The highest BCUT2D eigenvalue weighted by molar-refractivity contribution is 6.48. The maximum Gasteiger partial charge on any atom is 0.261 e. The molecule has 150 valence electrons. The molecule has 0 bridgehead atoms. The Labute approximate surface area is 173 Å².